The van der Waals surface area contributed by atoms with Gasteiger partial charge in [-0.3, -0.25) is 4.79 Å². The number of hydrogen-bond acceptors (Lipinski definition) is 6. The molecule has 0 aliphatic heterocycles. The summed E-state index contributed by atoms with van der Waals surface area (Å²) < 4.78 is 5.12. The van der Waals surface area contributed by atoms with E-state index in [9.17, 15) is 4.79 Å². The van der Waals surface area contributed by atoms with Crippen LogP contribution in [-0.2, 0) is 4.74 Å². The lowest BCUT2D eigenvalue weighted by molar-refractivity contribution is 0.0896. The fourth-order valence-corrected chi connectivity index (χ4v) is 2.82. The Morgan fingerprint density at radius 2 is 2.35 bits per heavy atom. The van der Waals surface area contributed by atoms with Crippen molar-refractivity contribution in [2.45, 2.75) is 44.7 Å². The number of aromatic nitrogens is 1. The Balaban J connectivity index is 1.97. The first kappa shape index (κ1) is 15.1. The van der Waals surface area contributed by atoms with Crippen LogP contribution < -0.4 is 16.4 Å². The summed E-state index contributed by atoms with van der Waals surface area (Å²) in [5.41, 5.74) is 5.83. The predicted molar refractivity (Wildman–Crippen MR) is 81.2 cm³/mol. The standard InChI is InChI=1S/C13H22N4O2S/c1-3-4-9(7-19-2)15-12(18)10-11(14)17-13(20-10)16-8-5-6-8/h8-9H,3-7,14H2,1-2H3,(H,15,18)(H,16,17). The molecule has 0 radical (unpaired) electrons. The second kappa shape index (κ2) is 6.90. The van der Waals surface area contributed by atoms with Crippen molar-refractivity contribution < 1.29 is 9.53 Å². The largest absolute Gasteiger partial charge is 0.383 e. The molecule has 0 bridgehead atoms. The zero-order valence-electron chi connectivity index (χ0n) is 11.9. The fraction of sp³-hybridized carbons (Fsp3) is 0.692. The van der Waals surface area contributed by atoms with Gasteiger partial charge in [-0.05, 0) is 19.3 Å². The third-order valence-electron chi connectivity index (χ3n) is 3.10. The van der Waals surface area contributed by atoms with Crippen LogP contribution in [0.15, 0.2) is 0 Å². The van der Waals surface area contributed by atoms with Crippen LogP contribution in [0.2, 0.25) is 0 Å². The molecule has 6 nitrogen and oxygen atoms in total. The number of carbonyl (C=O) groups excluding carboxylic acids is 1. The molecule has 7 heteroatoms. The summed E-state index contributed by atoms with van der Waals surface area (Å²) >= 11 is 1.31. The Kier molecular flexibility index (Phi) is 5.19. The second-order valence-corrected chi connectivity index (χ2v) is 6.07. The maximum absolute atomic E-state index is 12.2. The van der Waals surface area contributed by atoms with Crippen LogP contribution in [0.5, 0.6) is 0 Å². The molecule has 1 saturated carbocycles. The molecule has 20 heavy (non-hydrogen) atoms. The van der Waals surface area contributed by atoms with E-state index in [0.29, 0.717) is 23.3 Å². The number of nitrogens with one attached hydrogen (secondary N) is 2. The Morgan fingerprint density at radius 1 is 1.60 bits per heavy atom. The molecule has 2 rings (SSSR count). The van der Waals surface area contributed by atoms with Crippen molar-refractivity contribution in [2.75, 3.05) is 24.8 Å². The van der Waals surface area contributed by atoms with Gasteiger partial charge in [0.15, 0.2) is 5.13 Å². The van der Waals surface area contributed by atoms with Crippen molar-refractivity contribution >= 4 is 28.2 Å². The molecule has 1 fully saturated rings. The number of nitrogens with two attached hydrogens (primary N) is 1. The van der Waals surface area contributed by atoms with E-state index in [1.165, 1.54) is 11.3 Å². The minimum atomic E-state index is -0.167. The highest BCUT2D eigenvalue weighted by Crippen LogP contribution is 2.30. The number of carbonyl (C=O) groups is 1. The molecule has 0 aromatic carbocycles. The third kappa shape index (κ3) is 4.08. The maximum atomic E-state index is 12.2. The zero-order chi connectivity index (χ0) is 14.5. The van der Waals surface area contributed by atoms with Crippen LogP contribution in [0.3, 0.4) is 0 Å². The minimum absolute atomic E-state index is 0.0128. The summed E-state index contributed by atoms with van der Waals surface area (Å²) in [6, 6.07) is 0.511. The highest BCUT2D eigenvalue weighted by Gasteiger charge is 2.24. The Labute approximate surface area is 123 Å². The molecule has 0 spiro atoms. The number of ether oxygens (including phenoxy) is 1. The van der Waals surface area contributed by atoms with Crippen molar-refractivity contribution in [3.05, 3.63) is 4.88 Å². The maximum Gasteiger partial charge on any atom is 0.265 e. The summed E-state index contributed by atoms with van der Waals surface area (Å²) in [5, 5.41) is 6.95. The number of hydrogen-bond donors (Lipinski definition) is 3. The van der Waals surface area contributed by atoms with Gasteiger partial charge < -0.3 is 21.1 Å². The predicted octanol–water partition coefficient (Wildman–Crippen LogP) is 1.84. The average molecular weight is 298 g/mol. The van der Waals surface area contributed by atoms with Crippen LogP contribution in [0.1, 0.15) is 42.3 Å². The van der Waals surface area contributed by atoms with Gasteiger partial charge >= 0.3 is 0 Å². The van der Waals surface area contributed by atoms with Gasteiger partial charge in [0, 0.05) is 13.2 Å². The lowest BCUT2D eigenvalue weighted by atomic mass is 10.2. The molecule has 1 aliphatic carbocycles. The lowest BCUT2D eigenvalue weighted by Crippen LogP contribution is -2.37. The molecule has 4 N–H and O–H groups in total. The van der Waals surface area contributed by atoms with Crippen LogP contribution >= 0.6 is 11.3 Å². The molecule has 112 valence electrons. The van der Waals surface area contributed by atoms with Gasteiger partial charge in [-0.15, -0.1) is 0 Å². The van der Waals surface area contributed by atoms with Gasteiger partial charge in [-0.25, -0.2) is 4.98 Å². The first-order valence-electron chi connectivity index (χ1n) is 6.96. The molecule has 1 amide bonds. The van der Waals surface area contributed by atoms with Gasteiger partial charge in [-0.1, -0.05) is 24.7 Å². The molecule has 1 aliphatic rings. The van der Waals surface area contributed by atoms with Crippen LogP contribution in [0.4, 0.5) is 10.9 Å². The number of thiazole rings is 1. The van der Waals surface area contributed by atoms with Gasteiger partial charge in [0.25, 0.3) is 5.91 Å². The number of anilines is 2. The monoisotopic (exact) mass is 298 g/mol. The van der Waals surface area contributed by atoms with Crippen molar-refractivity contribution in [3.63, 3.8) is 0 Å². The number of nitrogen functional groups attached to an aromatic ring is 1. The van der Waals surface area contributed by atoms with Crippen molar-refractivity contribution in [1.82, 2.24) is 10.3 Å². The van der Waals surface area contributed by atoms with Crippen molar-refractivity contribution in [2.24, 2.45) is 0 Å². The molecule has 1 aromatic rings. The molecular weight excluding hydrogens is 276 g/mol. The van der Waals surface area contributed by atoms with Gasteiger partial charge in [0.2, 0.25) is 0 Å². The van der Waals surface area contributed by atoms with Gasteiger partial charge in [0.1, 0.15) is 10.7 Å². The van der Waals surface area contributed by atoms with Gasteiger partial charge in [-0.2, -0.15) is 0 Å². The Hall–Kier alpha value is -1.34. The second-order valence-electron chi connectivity index (χ2n) is 5.07. The number of nitrogens with zero attached hydrogens (tertiary/aromatic N) is 1. The highest BCUT2D eigenvalue weighted by atomic mass is 32.1. The summed E-state index contributed by atoms with van der Waals surface area (Å²) in [6.45, 7) is 2.58. The highest BCUT2D eigenvalue weighted by molar-refractivity contribution is 7.18. The van der Waals surface area contributed by atoms with E-state index in [4.69, 9.17) is 10.5 Å². The van der Waals surface area contributed by atoms with Crippen LogP contribution in [-0.4, -0.2) is 36.7 Å². The van der Waals surface area contributed by atoms with Gasteiger partial charge in [0.05, 0.1) is 12.6 Å². The smallest absolute Gasteiger partial charge is 0.265 e. The SMILES string of the molecule is CCCC(COC)NC(=O)c1sc(NC2CC2)nc1N. The average Bonchev–Trinajstić information content (AvgIpc) is 3.12. The van der Waals surface area contributed by atoms with Crippen molar-refractivity contribution in [3.8, 4) is 0 Å². The first-order chi connectivity index (χ1) is 9.63. The van der Waals surface area contributed by atoms with Crippen LogP contribution in [0, 0.1) is 0 Å². The van der Waals surface area contributed by atoms with E-state index >= 15 is 0 Å². The number of methoxy groups -OCH3 is 1. The van der Waals surface area contributed by atoms with E-state index in [0.717, 1.165) is 30.8 Å². The van der Waals surface area contributed by atoms with E-state index in [2.05, 4.69) is 22.5 Å². The zero-order valence-corrected chi connectivity index (χ0v) is 12.8. The summed E-state index contributed by atoms with van der Waals surface area (Å²) in [4.78, 5) is 16.9. The molecule has 0 saturated heterocycles. The van der Waals surface area contributed by atoms with E-state index in [1.54, 1.807) is 7.11 Å². The van der Waals surface area contributed by atoms with E-state index < -0.39 is 0 Å². The van der Waals surface area contributed by atoms with Crippen LogP contribution in [0.25, 0.3) is 0 Å². The normalized spacial score (nSPS) is 15.9. The Morgan fingerprint density at radius 3 is 2.95 bits per heavy atom. The topological polar surface area (TPSA) is 89.3 Å². The summed E-state index contributed by atoms with van der Waals surface area (Å²) in [5.74, 6) is 0.127. The first-order valence-corrected chi connectivity index (χ1v) is 7.78. The quantitative estimate of drug-likeness (QED) is 0.681. The lowest BCUT2D eigenvalue weighted by Gasteiger charge is -2.16. The molecule has 1 atom stereocenters. The molecule has 1 heterocycles. The minimum Gasteiger partial charge on any atom is -0.383 e. The number of rotatable bonds is 8. The Bertz CT molecular complexity index is 453. The molecular formula is C13H22N4O2S. The molecule has 1 aromatic heterocycles. The van der Waals surface area contributed by atoms with Crippen molar-refractivity contribution in [1.29, 1.82) is 0 Å². The molecule has 1 unspecified atom stereocenters. The van der Waals surface area contributed by atoms with E-state index in [-0.39, 0.29) is 11.9 Å². The third-order valence-corrected chi connectivity index (χ3v) is 4.11. The number of amides is 1. The summed E-state index contributed by atoms with van der Waals surface area (Å²) in [7, 11) is 1.63. The van der Waals surface area contributed by atoms with E-state index in [1.807, 2.05) is 0 Å². The fourth-order valence-electron chi connectivity index (χ4n) is 1.96. The summed E-state index contributed by atoms with van der Waals surface area (Å²) in [6.07, 6.45) is 4.19.